The van der Waals surface area contributed by atoms with Crippen LogP contribution in [0.1, 0.15) is 52.2 Å². The number of furan rings is 1. The van der Waals surface area contributed by atoms with Gasteiger partial charge in [0, 0.05) is 25.7 Å². The number of hydrogen-bond donors (Lipinski definition) is 1. The summed E-state index contributed by atoms with van der Waals surface area (Å²) in [5, 5.41) is 2.71. The third-order valence-electron chi connectivity index (χ3n) is 8.21. The summed E-state index contributed by atoms with van der Waals surface area (Å²) in [7, 11) is 1.28. The maximum Gasteiger partial charge on any atom is 0.310 e. The van der Waals surface area contributed by atoms with Crippen LogP contribution in [0.3, 0.4) is 0 Å². The average Bonchev–Trinajstić information content (AvgIpc) is 3.31. The Hall–Kier alpha value is -3.17. The Kier molecular flexibility index (Phi) is 6.50. The van der Waals surface area contributed by atoms with Gasteiger partial charge in [0.1, 0.15) is 5.76 Å². The number of hydrogen-bond acceptors (Lipinski definition) is 9. The fraction of sp³-hybridized carbons (Fsp3) is 0.640. The number of ether oxygens (including phenoxy) is 3. The molecule has 10 heteroatoms. The molecule has 1 amide bonds. The van der Waals surface area contributed by atoms with E-state index in [2.05, 4.69) is 5.32 Å². The number of cyclic esters (lactones) is 1. The molecule has 1 aromatic rings. The number of carbonyl (C=O) groups excluding carboxylic acids is 5. The molecule has 4 rings (SSSR count). The lowest BCUT2D eigenvalue weighted by Crippen LogP contribution is -2.66. The van der Waals surface area contributed by atoms with Crippen molar-refractivity contribution in [2.24, 2.45) is 28.6 Å². The van der Waals surface area contributed by atoms with Gasteiger partial charge in [-0.05, 0) is 35.8 Å². The molecule has 1 aromatic heterocycles. The van der Waals surface area contributed by atoms with Crippen LogP contribution in [-0.2, 0) is 44.7 Å². The molecule has 0 radical (unpaired) electrons. The minimum Gasteiger partial charge on any atom is -0.469 e. The first-order chi connectivity index (χ1) is 16.5. The highest BCUT2D eigenvalue weighted by Crippen LogP contribution is 2.64. The highest BCUT2D eigenvalue weighted by atomic mass is 16.6. The second kappa shape index (κ2) is 9.13. The molecular weight excluding hydrogens is 458 g/mol. The summed E-state index contributed by atoms with van der Waals surface area (Å²) in [4.78, 5) is 64.4. The van der Waals surface area contributed by atoms with Crippen molar-refractivity contribution in [1.82, 2.24) is 5.32 Å². The van der Waals surface area contributed by atoms with Gasteiger partial charge < -0.3 is 23.9 Å². The van der Waals surface area contributed by atoms with Crippen LogP contribution in [0, 0.1) is 28.6 Å². The number of fused-ring (bicyclic) bond motifs is 3. The van der Waals surface area contributed by atoms with Crippen LogP contribution in [0.2, 0.25) is 0 Å². The van der Waals surface area contributed by atoms with Crippen molar-refractivity contribution in [2.45, 2.75) is 65.2 Å². The van der Waals surface area contributed by atoms with Crippen molar-refractivity contribution in [3.63, 3.8) is 0 Å². The van der Waals surface area contributed by atoms with E-state index in [1.54, 1.807) is 19.1 Å². The molecule has 7 atom stereocenters. The van der Waals surface area contributed by atoms with E-state index in [1.807, 2.05) is 6.92 Å². The molecule has 1 aliphatic heterocycles. The Morgan fingerprint density at radius 3 is 2.57 bits per heavy atom. The monoisotopic (exact) mass is 489 g/mol. The minimum absolute atomic E-state index is 0.0241. The lowest BCUT2D eigenvalue weighted by molar-refractivity contribution is -0.210. The van der Waals surface area contributed by atoms with Crippen LogP contribution in [0.5, 0.6) is 0 Å². The summed E-state index contributed by atoms with van der Waals surface area (Å²) in [6.45, 7) is 4.99. The zero-order valence-electron chi connectivity index (χ0n) is 20.3. The fourth-order valence-electron chi connectivity index (χ4n) is 6.67. The first kappa shape index (κ1) is 24.9. The second-order valence-electron chi connectivity index (χ2n) is 10.3. The molecule has 3 aliphatic rings. The summed E-state index contributed by atoms with van der Waals surface area (Å²) in [5.74, 6) is -4.11. The summed E-state index contributed by atoms with van der Waals surface area (Å²) >= 11 is 0. The van der Waals surface area contributed by atoms with Crippen molar-refractivity contribution in [3.05, 3.63) is 24.2 Å². The number of methoxy groups -OCH3 is 1. The Balaban J connectivity index is 1.67. The first-order valence-corrected chi connectivity index (χ1v) is 11.8. The smallest absolute Gasteiger partial charge is 0.310 e. The maximum absolute atomic E-state index is 13.8. The third kappa shape index (κ3) is 4.23. The second-order valence-corrected chi connectivity index (χ2v) is 10.3. The molecule has 10 nitrogen and oxygen atoms in total. The van der Waals surface area contributed by atoms with E-state index in [1.165, 1.54) is 20.3 Å². The van der Waals surface area contributed by atoms with Gasteiger partial charge in [0.05, 0.1) is 31.8 Å². The SMILES string of the molecule is COC(=O)[C@@H]1C[C@H](OC(C)=O)C(=O)[C@H]2[C@@]1(C)CC[C@H]1C(=O)O[C@H](C(=O)NCc3ccco3)C[C@]21C. The number of ketones is 1. The number of nitrogens with one attached hydrogen (secondary N) is 1. The van der Waals surface area contributed by atoms with E-state index in [0.29, 0.717) is 18.6 Å². The Morgan fingerprint density at radius 1 is 1.20 bits per heavy atom. The molecule has 0 aromatic carbocycles. The van der Waals surface area contributed by atoms with E-state index in [9.17, 15) is 24.0 Å². The molecule has 3 fully saturated rings. The standard InChI is InChI=1S/C25H31NO9/c1-13(27)34-17-10-16(22(30)32-4)24(2)8-7-15-23(31)35-18(11-25(15,3)20(24)19(17)28)21(29)26-12-14-6-5-9-33-14/h5-6,9,15-18,20H,7-8,10-12H2,1-4H3,(H,26,29)/t15-,16-,17-,18-,20-,24-,25-/m0/s1. The minimum atomic E-state index is -1.13. The van der Waals surface area contributed by atoms with Gasteiger partial charge >= 0.3 is 17.9 Å². The van der Waals surface area contributed by atoms with Gasteiger partial charge in [0.2, 0.25) is 0 Å². The van der Waals surface area contributed by atoms with Gasteiger partial charge in [0.15, 0.2) is 18.0 Å². The van der Waals surface area contributed by atoms with E-state index in [-0.39, 0.29) is 25.2 Å². The van der Waals surface area contributed by atoms with Crippen molar-refractivity contribution in [3.8, 4) is 0 Å². The quantitative estimate of drug-likeness (QED) is 0.486. The molecule has 0 unspecified atom stereocenters. The van der Waals surface area contributed by atoms with Gasteiger partial charge in [-0.15, -0.1) is 0 Å². The van der Waals surface area contributed by atoms with Gasteiger partial charge in [-0.1, -0.05) is 13.8 Å². The van der Waals surface area contributed by atoms with Gasteiger partial charge in [-0.25, -0.2) is 0 Å². The maximum atomic E-state index is 13.8. The Morgan fingerprint density at radius 2 is 1.94 bits per heavy atom. The Bertz CT molecular complexity index is 1030. The number of amides is 1. The molecule has 1 N–H and O–H groups in total. The largest absolute Gasteiger partial charge is 0.469 e. The Labute approximate surface area is 203 Å². The number of carbonyl (C=O) groups is 5. The average molecular weight is 490 g/mol. The highest BCUT2D eigenvalue weighted by Gasteiger charge is 2.68. The molecule has 2 aliphatic carbocycles. The topological polar surface area (TPSA) is 138 Å². The van der Waals surface area contributed by atoms with Crippen LogP contribution < -0.4 is 5.32 Å². The molecule has 190 valence electrons. The summed E-state index contributed by atoms with van der Waals surface area (Å²) in [5.41, 5.74) is -1.82. The molecule has 1 saturated heterocycles. The predicted molar refractivity (Wildman–Crippen MR) is 118 cm³/mol. The predicted octanol–water partition coefficient (Wildman–Crippen LogP) is 1.94. The number of rotatable bonds is 5. The molecule has 35 heavy (non-hydrogen) atoms. The van der Waals surface area contributed by atoms with Crippen molar-refractivity contribution in [2.75, 3.05) is 7.11 Å². The normalized spacial score (nSPS) is 36.3. The summed E-state index contributed by atoms with van der Waals surface area (Å²) < 4.78 is 21.1. The van der Waals surface area contributed by atoms with Crippen LogP contribution in [-0.4, -0.2) is 48.9 Å². The van der Waals surface area contributed by atoms with E-state index in [0.717, 1.165) is 0 Å². The van der Waals surface area contributed by atoms with Crippen molar-refractivity contribution >= 4 is 29.6 Å². The zero-order chi connectivity index (χ0) is 25.5. The first-order valence-electron chi connectivity index (χ1n) is 11.8. The van der Waals surface area contributed by atoms with E-state index >= 15 is 0 Å². The van der Waals surface area contributed by atoms with Crippen LogP contribution >= 0.6 is 0 Å². The van der Waals surface area contributed by atoms with Crippen LogP contribution in [0.4, 0.5) is 0 Å². The van der Waals surface area contributed by atoms with Gasteiger partial charge in [0.25, 0.3) is 5.91 Å². The van der Waals surface area contributed by atoms with Gasteiger partial charge in [-0.3, -0.25) is 24.0 Å². The van der Waals surface area contributed by atoms with Crippen LogP contribution in [0.25, 0.3) is 0 Å². The third-order valence-corrected chi connectivity index (χ3v) is 8.21. The van der Waals surface area contributed by atoms with E-state index in [4.69, 9.17) is 18.6 Å². The van der Waals surface area contributed by atoms with Crippen LogP contribution in [0.15, 0.2) is 22.8 Å². The van der Waals surface area contributed by atoms with Gasteiger partial charge in [-0.2, -0.15) is 0 Å². The fourth-order valence-corrected chi connectivity index (χ4v) is 6.67. The van der Waals surface area contributed by atoms with Crippen molar-refractivity contribution in [1.29, 1.82) is 0 Å². The lowest BCUT2D eigenvalue weighted by atomic mass is 9.43. The summed E-state index contributed by atoms with van der Waals surface area (Å²) in [6, 6.07) is 3.41. The molecule has 0 bridgehead atoms. The molecule has 2 saturated carbocycles. The molecule has 2 heterocycles. The molecular formula is C25H31NO9. The van der Waals surface area contributed by atoms with Crippen molar-refractivity contribution < 1.29 is 42.6 Å². The lowest BCUT2D eigenvalue weighted by Gasteiger charge is -2.60. The number of esters is 3. The van der Waals surface area contributed by atoms with E-state index < -0.39 is 64.6 Å². The zero-order valence-corrected chi connectivity index (χ0v) is 20.3. The number of Topliss-reactive ketones (excluding diaryl/α,β-unsaturated/α-hetero) is 1. The highest BCUT2D eigenvalue weighted by molar-refractivity contribution is 5.94. The molecule has 0 spiro atoms. The summed E-state index contributed by atoms with van der Waals surface area (Å²) in [6.07, 6.45) is 0.191.